The second-order valence-corrected chi connectivity index (χ2v) is 3.41. The van der Waals surface area contributed by atoms with Crippen molar-refractivity contribution in [2.45, 2.75) is 18.9 Å². The Bertz CT molecular complexity index is 299. The highest BCUT2D eigenvalue weighted by Gasteiger charge is 2.28. The third-order valence-electron chi connectivity index (χ3n) is 2.34. The lowest BCUT2D eigenvalue weighted by atomic mass is 10.1. The van der Waals surface area contributed by atoms with Crippen LogP contribution in [0.15, 0.2) is 0 Å². The van der Waals surface area contributed by atoms with Crippen LogP contribution in [0.1, 0.15) is 12.8 Å². The third kappa shape index (κ3) is 2.25. The Balaban J connectivity index is 2.48. The Morgan fingerprint density at radius 3 is 3.00 bits per heavy atom. The van der Waals surface area contributed by atoms with E-state index < -0.39 is 6.04 Å². The molecule has 1 amide bonds. The molecule has 4 nitrogen and oxygen atoms in total. The number of carbonyl (C=O) groups excluding carboxylic acids is 1. The Morgan fingerprint density at radius 1 is 1.79 bits per heavy atom. The van der Waals surface area contributed by atoms with Crippen molar-refractivity contribution in [2.75, 3.05) is 13.1 Å². The average molecular weight is 191 g/mol. The van der Waals surface area contributed by atoms with Gasteiger partial charge < -0.3 is 10.6 Å². The van der Waals surface area contributed by atoms with Crippen molar-refractivity contribution in [3.8, 4) is 18.4 Å². The van der Waals surface area contributed by atoms with Crippen LogP contribution in [-0.4, -0.2) is 29.9 Å². The fourth-order valence-corrected chi connectivity index (χ4v) is 1.51. The number of amides is 1. The molecule has 14 heavy (non-hydrogen) atoms. The summed E-state index contributed by atoms with van der Waals surface area (Å²) in [6, 6.07) is 1.53. The van der Waals surface area contributed by atoms with Crippen LogP contribution < -0.4 is 5.73 Å². The van der Waals surface area contributed by atoms with Gasteiger partial charge in [-0.05, 0) is 6.42 Å². The fourth-order valence-electron chi connectivity index (χ4n) is 1.51. The van der Waals surface area contributed by atoms with Gasteiger partial charge in [-0.15, -0.1) is 12.3 Å². The maximum absolute atomic E-state index is 11.6. The van der Waals surface area contributed by atoms with Crippen LogP contribution in [0.25, 0.3) is 0 Å². The molecule has 2 atom stereocenters. The van der Waals surface area contributed by atoms with E-state index in [4.69, 9.17) is 17.4 Å². The van der Waals surface area contributed by atoms with Crippen molar-refractivity contribution in [2.24, 2.45) is 11.7 Å². The van der Waals surface area contributed by atoms with Crippen LogP contribution in [0.2, 0.25) is 0 Å². The topological polar surface area (TPSA) is 70.1 Å². The van der Waals surface area contributed by atoms with E-state index in [1.807, 2.05) is 0 Å². The van der Waals surface area contributed by atoms with Gasteiger partial charge in [0.1, 0.15) is 0 Å². The molecular formula is C10H13N3O. The first kappa shape index (κ1) is 10.6. The van der Waals surface area contributed by atoms with E-state index in [1.165, 1.54) is 0 Å². The van der Waals surface area contributed by atoms with Crippen molar-refractivity contribution in [3.05, 3.63) is 0 Å². The lowest BCUT2D eigenvalue weighted by Crippen LogP contribution is -2.42. The van der Waals surface area contributed by atoms with Crippen molar-refractivity contribution in [3.63, 3.8) is 0 Å². The van der Waals surface area contributed by atoms with Crippen LogP contribution in [0, 0.1) is 29.6 Å². The summed E-state index contributed by atoms with van der Waals surface area (Å²) < 4.78 is 0. The summed E-state index contributed by atoms with van der Waals surface area (Å²) in [4.78, 5) is 13.2. The maximum Gasteiger partial charge on any atom is 0.240 e. The summed E-state index contributed by atoms with van der Waals surface area (Å²) in [6.07, 6.45) is 6.06. The zero-order valence-electron chi connectivity index (χ0n) is 7.94. The smallest absolute Gasteiger partial charge is 0.240 e. The first-order chi connectivity index (χ1) is 6.69. The molecule has 1 aliphatic heterocycles. The molecule has 1 saturated heterocycles. The quantitative estimate of drug-likeness (QED) is 0.610. The van der Waals surface area contributed by atoms with Crippen molar-refractivity contribution in [1.29, 1.82) is 5.26 Å². The average Bonchev–Trinajstić information content (AvgIpc) is 2.65. The highest BCUT2D eigenvalue weighted by molar-refractivity contribution is 5.82. The standard InChI is InChI=1S/C10H13N3O/c1-2-3-9(12)10(14)13-5-4-8(6-11)7-13/h1,8-9H,3-5,7,12H2. The molecule has 0 aromatic carbocycles. The second kappa shape index (κ2) is 4.64. The van der Waals surface area contributed by atoms with E-state index in [-0.39, 0.29) is 18.2 Å². The number of hydrogen-bond acceptors (Lipinski definition) is 3. The molecule has 2 N–H and O–H groups in total. The number of likely N-dealkylation sites (tertiary alicyclic amines) is 1. The molecule has 0 bridgehead atoms. The highest BCUT2D eigenvalue weighted by Crippen LogP contribution is 2.15. The molecule has 1 rings (SSSR count). The number of rotatable bonds is 2. The number of nitrogens with two attached hydrogens (primary N) is 1. The summed E-state index contributed by atoms with van der Waals surface area (Å²) >= 11 is 0. The van der Waals surface area contributed by atoms with E-state index in [0.717, 1.165) is 6.42 Å². The molecule has 1 aliphatic rings. The van der Waals surface area contributed by atoms with E-state index >= 15 is 0 Å². The van der Waals surface area contributed by atoms with Gasteiger partial charge in [-0.2, -0.15) is 5.26 Å². The number of nitriles is 1. The molecule has 4 heteroatoms. The van der Waals surface area contributed by atoms with E-state index in [1.54, 1.807) is 4.90 Å². The number of nitrogens with zero attached hydrogens (tertiary/aromatic N) is 2. The Labute approximate surface area is 83.7 Å². The van der Waals surface area contributed by atoms with Gasteiger partial charge in [0.25, 0.3) is 0 Å². The summed E-state index contributed by atoms with van der Waals surface area (Å²) in [5, 5.41) is 8.66. The van der Waals surface area contributed by atoms with Gasteiger partial charge in [0.05, 0.1) is 18.0 Å². The first-order valence-electron chi connectivity index (χ1n) is 4.56. The molecule has 1 fully saturated rings. The van der Waals surface area contributed by atoms with Crippen molar-refractivity contribution < 1.29 is 4.79 Å². The highest BCUT2D eigenvalue weighted by atomic mass is 16.2. The normalized spacial score (nSPS) is 22.5. The second-order valence-electron chi connectivity index (χ2n) is 3.41. The molecule has 1 heterocycles. The van der Waals surface area contributed by atoms with E-state index in [0.29, 0.717) is 13.1 Å². The van der Waals surface area contributed by atoms with Gasteiger partial charge in [0.2, 0.25) is 5.91 Å². The molecule has 0 saturated carbocycles. The van der Waals surface area contributed by atoms with Crippen molar-refractivity contribution in [1.82, 2.24) is 4.90 Å². The van der Waals surface area contributed by atoms with Crippen LogP contribution in [0.4, 0.5) is 0 Å². The molecule has 0 aromatic rings. The summed E-state index contributed by atoms with van der Waals surface area (Å²) in [5.41, 5.74) is 5.58. The van der Waals surface area contributed by atoms with Gasteiger partial charge in [0.15, 0.2) is 0 Å². The zero-order chi connectivity index (χ0) is 10.6. The summed E-state index contributed by atoms with van der Waals surface area (Å²) in [5.74, 6) is 2.18. The number of terminal acetylenes is 1. The predicted octanol–water partition coefficient (Wildman–Crippen LogP) is -0.291. The molecule has 0 spiro atoms. The molecule has 0 aliphatic carbocycles. The van der Waals surface area contributed by atoms with Crippen LogP contribution >= 0.6 is 0 Å². The first-order valence-corrected chi connectivity index (χ1v) is 4.56. The minimum Gasteiger partial charge on any atom is -0.340 e. The zero-order valence-corrected chi connectivity index (χ0v) is 7.94. The van der Waals surface area contributed by atoms with E-state index in [2.05, 4.69) is 12.0 Å². The van der Waals surface area contributed by atoms with Gasteiger partial charge in [-0.1, -0.05) is 0 Å². The SMILES string of the molecule is C#CCC(N)C(=O)N1CCC(C#N)C1. The lowest BCUT2D eigenvalue weighted by molar-refractivity contribution is -0.131. The minimum atomic E-state index is -0.613. The lowest BCUT2D eigenvalue weighted by Gasteiger charge is -2.18. The Morgan fingerprint density at radius 2 is 2.50 bits per heavy atom. The monoisotopic (exact) mass is 191 g/mol. The summed E-state index contributed by atoms with van der Waals surface area (Å²) in [7, 11) is 0. The Hall–Kier alpha value is -1.52. The van der Waals surface area contributed by atoms with Crippen LogP contribution in [-0.2, 0) is 4.79 Å². The van der Waals surface area contributed by atoms with Gasteiger partial charge in [-0.3, -0.25) is 4.79 Å². The van der Waals surface area contributed by atoms with Crippen molar-refractivity contribution >= 4 is 5.91 Å². The number of carbonyl (C=O) groups is 1. The maximum atomic E-state index is 11.6. The van der Waals surface area contributed by atoms with Crippen LogP contribution in [0.5, 0.6) is 0 Å². The molecular weight excluding hydrogens is 178 g/mol. The van der Waals surface area contributed by atoms with Crippen LogP contribution in [0.3, 0.4) is 0 Å². The van der Waals surface area contributed by atoms with Gasteiger partial charge in [0, 0.05) is 19.5 Å². The van der Waals surface area contributed by atoms with Gasteiger partial charge in [-0.25, -0.2) is 0 Å². The largest absolute Gasteiger partial charge is 0.340 e. The molecule has 2 unspecified atom stereocenters. The summed E-state index contributed by atoms with van der Waals surface area (Å²) in [6.45, 7) is 1.11. The third-order valence-corrected chi connectivity index (χ3v) is 2.34. The minimum absolute atomic E-state index is 0.0445. The fraction of sp³-hybridized carbons (Fsp3) is 0.600. The Kier molecular flexibility index (Phi) is 3.50. The molecule has 0 radical (unpaired) electrons. The van der Waals surface area contributed by atoms with Gasteiger partial charge >= 0.3 is 0 Å². The molecule has 74 valence electrons. The molecule has 0 aromatic heterocycles. The van der Waals surface area contributed by atoms with E-state index in [9.17, 15) is 4.79 Å². The predicted molar refractivity (Wildman–Crippen MR) is 51.7 cm³/mol. The number of hydrogen-bond donors (Lipinski definition) is 1.